The highest BCUT2D eigenvalue weighted by atomic mass is 79.9. The van der Waals surface area contributed by atoms with Crippen molar-refractivity contribution in [2.24, 2.45) is 0 Å². The topological polar surface area (TPSA) is 63.7 Å². The average Bonchev–Trinajstić information content (AvgIpc) is 2.68. The van der Waals surface area contributed by atoms with Gasteiger partial charge in [-0.25, -0.2) is 4.79 Å². The van der Waals surface area contributed by atoms with Crippen LogP contribution in [0.4, 0.5) is 0 Å². The molecule has 0 bridgehead atoms. The summed E-state index contributed by atoms with van der Waals surface area (Å²) in [6.45, 7) is 0. The van der Waals surface area contributed by atoms with Crippen molar-refractivity contribution in [2.45, 2.75) is 25.7 Å². The average molecular weight is 326 g/mol. The zero-order valence-corrected chi connectivity index (χ0v) is 11.7. The van der Waals surface area contributed by atoms with Gasteiger partial charge in [0.25, 0.3) is 11.8 Å². The molecular formula is C13H12BrNO4. The normalized spacial score (nSPS) is 14.9. The summed E-state index contributed by atoms with van der Waals surface area (Å²) in [7, 11) is 0. The van der Waals surface area contributed by atoms with Crippen LogP contribution in [0.25, 0.3) is 0 Å². The van der Waals surface area contributed by atoms with Crippen LogP contribution in [0.2, 0.25) is 0 Å². The summed E-state index contributed by atoms with van der Waals surface area (Å²) < 4.78 is 0.934. The first-order valence-corrected chi connectivity index (χ1v) is 6.66. The molecular weight excluding hydrogens is 314 g/mol. The molecule has 1 aromatic carbocycles. The number of rotatable bonds is 4. The first-order valence-electron chi connectivity index (χ1n) is 5.87. The number of amides is 2. The van der Waals surface area contributed by atoms with E-state index in [4.69, 9.17) is 4.84 Å². The Hall–Kier alpha value is -1.69. The maximum atomic E-state index is 11.6. The summed E-state index contributed by atoms with van der Waals surface area (Å²) in [6.07, 6.45) is 0.831. The fourth-order valence-corrected chi connectivity index (χ4v) is 2.19. The van der Waals surface area contributed by atoms with E-state index >= 15 is 0 Å². The lowest BCUT2D eigenvalue weighted by atomic mass is 10.1. The van der Waals surface area contributed by atoms with Crippen LogP contribution < -0.4 is 0 Å². The van der Waals surface area contributed by atoms with Crippen molar-refractivity contribution in [3.8, 4) is 0 Å². The van der Waals surface area contributed by atoms with Crippen LogP contribution in [0.1, 0.15) is 24.8 Å². The SMILES string of the molecule is O=C(CCc1cccc(Br)c1)ON1C(=O)CCC1=O. The van der Waals surface area contributed by atoms with E-state index in [1.54, 1.807) is 0 Å². The minimum Gasteiger partial charge on any atom is -0.330 e. The second-order valence-corrected chi connectivity index (χ2v) is 5.09. The van der Waals surface area contributed by atoms with E-state index in [0.717, 1.165) is 10.0 Å². The first kappa shape index (κ1) is 13.7. The van der Waals surface area contributed by atoms with Crippen molar-refractivity contribution in [3.63, 3.8) is 0 Å². The van der Waals surface area contributed by atoms with Gasteiger partial charge in [0.05, 0.1) is 6.42 Å². The van der Waals surface area contributed by atoms with Gasteiger partial charge < -0.3 is 4.84 Å². The van der Waals surface area contributed by atoms with Gasteiger partial charge >= 0.3 is 5.97 Å². The number of imide groups is 1. The van der Waals surface area contributed by atoms with Crippen molar-refractivity contribution >= 4 is 33.7 Å². The van der Waals surface area contributed by atoms with E-state index in [2.05, 4.69) is 15.9 Å². The molecule has 0 N–H and O–H groups in total. The maximum absolute atomic E-state index is 11.6. The standard InChI is InChI=1S/C13H12BrNO4/c14-10-3-1-2-9(8-10)4-7-13(18)19-15-11(16)5-6-12(15)17/h1-3,8H,4-7H2. The van der Waals surface area contributed by atoms with Gasteiger partial charge in [-0.15, -0.1) is 5.06 Å². The number of carbonyl (C=O) groups excluding carboxylic acids is 3. The lowest BCUT2D eigenvalue weighted by molar-refractivity contribution is -0.197. The molecule has 1 fully saturated rings. The van der Waals surface area contributed by atoms with Gasteiger partial charge in [0.15, 0.2) is 0 Å². The molecule has 0 spiro atoms. The van der Waals surface area contributed by atoms with E-state index in [1.807, 2.05) is 24.3 Å². The van der Waals surface area contributed by atoms with Gasteiger partial charge in [0.1, 0.15) is 0 Å². The molecule has 2 rings (SSSR count). The van der Waals surface area contributed by atoms with Gasteiger partial charge in [0.2, 0.25) is 0 Å². The summed E-state index contributed by atoms with van der Waals surface area (Å²) in [4.78, 5) is 38.9. The first-order chi connectivity index (χ1) is 9.06. The number of nitrogens with zero attached hydrogens (tertiary/aromatic N) is 1. The third-order valence-corrected chi connectivity index (χ3v) is 3.20. The molecule has 0 unspecified atom stereocenters. The largest absolute Gasteiger partial charge is 0.333 e. The molecule has 1 aliphatic rings. The summed E-state index contributed by atoms with van der Waals surface area (Å²) >= 11 is 3.34. The van der Waals surface area contributed by atoms with Crippen LogP contribution in [-0.2, 0) is 25.6 Å². The molecule has 1 heterocycles. The van der Waals surface area contributed by atoms with E-state index < -0.39 is 17.8 Å². The van der Waals surface area contributed by atoms with Crippen LogP contribution in [0.5, 0.6) is 0 Å². The molecule has 1 aliphatic heterocycles. The lowest BCUT2D eigenvalue weighted by Gasteiger charge is -2.12. The maximum Gasteiger partial charge on any atom is 0.333 e. The van der Waals surface area contributed by atoms with Crippen LogP contribution in [0.15, 0.2) is 28.7 Å². The highest BCUT2D eigenvalue weighted by molar-refractivity contribution is 9.10. The van der Waals surface area contributed by atoms with Crippen molar-refractivity contribution in [1.29, 1.82) is 0 Å². The minimum atomic E-state index is -0.580. The van der Waals surface area contributed by atoms with Gasteiger partial charge in [0, 0.05) is 17.3 Å². The van der Waals surface area contributed by atoms with Crippen LogP contribution in [0, 0.1) is 0 Å². The predicted octanol–water partition coefficient (Wildman–Crippen LogP) is 1.99. The minimum absolute atomic E-state index is 0.109. The van der Waals surface area contributed by atoms with Crippen molar-refractivity contribution in [1.82, 2.24) is 5.06 Å². The van der Waals surface area contributed by atoms with Crippen LogP contribution in [0.3, 0.4) is 0 Å². The molecule has 6 heteroatoms. The molecule has 0 aliphatic carbocycles. The number of carbonyl (C=O) groups is 3. The number of benzene rings is 1. The van der Waals surface area contributed by atoms with E-state index in [-0.39, 0.29) is 19.3 Å². The zero-order valence-electron chi connectivity index (χ0n) is 10.1. The number of hydrogen-bond acceptors (Lipinski definition) is 4. The van der Waals surface area contributed by atoms with Crippen molar-refractivity contribution in [3.05, 3.63) is 34.3 Å². The molecule has 19 heavy (non-hydrogen) atoms. The highest BCUT2D eigenvalue weighted by Gasteiger charge is 2.32. The smallest absolute Gasteiger partial charge is 0.330 e. The van der Waals surface area contributed by atoms with Gasteiger partial charge in [-0.3, -0.25) is 9.59 Å². The summed E-state index contributed by atoms with van der Waals surface area (Å²) in [6, 6.07) is 7.56. The van der Waals surface area contributed by atoms with Crippen molar-refractivity contribution in [2.75, 3.05) is 0 Å². The summed E-state index contributed by atoms with van der Waals surface area (Å²) in [5, 5.41) is 0.573. The van der Waals surface area contributed by atoms with Crippen molar-refractivity contribution < 1.29 is 19.2 Å². The van der Waals surface area contributed by atoms with Gasteiger partial charge in [-0.2, -0.15) is 0 Å². The van der Waals surface area contributed by atoms with Crippen LogP contribution in [-0.4, -0.2) is 22.8 Å². The second kappa shape index (κ2) is 5.97. The molecule has 1 aromatic rings. The third-order valence-electron chi connectivity index (χ3n) is 2.71. The Morgan fingerprint density at radius 1 is 1.26 bits per heavy atom. The molecule has 0 radical (unpaired) electrons. The molecule has 0 aromatic heterocycles. The number of aryl methyl sites for hydroxylation is 1. The third kappa shape index (κ3) is 3.64. The van der Waals surface area contributed by atoms with E-state index in [9.17, 15) is 14.4 Å². The van der Waals surface area contributed by atoms with Gasteiger partial charge in [-0.1, -0.05) is 28.1 Å². The Morgan fingerprint density at radius 3 is 2.58 bits per heavy atom. The molecule has 0 atom stereocenters. The molecule has 1 saturated heterocycles. The Kier molecular flexibility index (Phi) is 4.31. The van der Waals surface area contributed by atoms with Gasteiger partial charge in [-0.05, 0) is 24.1 Å². The Balaban J connectivity index is 1.85. The second-order valence-electron chi connectivity index (χ2n) is 4.18. The predicted molar refractivity (Wildman–Crippen MR) is 69.6 cm³/mol. The number of hydrogen-bond donors (Lipinski definition) is 0. The summed E-state index contributed by atoms with van der Waals surface area (Å²) in [5.41, 5.74) is 0.977. The molecule has 100 valence electrons. The van der Waals surface area contributed by atoms with E-state index in [0.29, 0.717) is 11.5 Å². The zero-order chi connectivity index (χ0) is 13.8. The Bertz CT molecular complexity index is 513. The highest BCUT2D eigenvalue weighted by Crippen LogP contribution is 2.15. The van der Waals surface area contributed by atoms with E-state index in [1.165, 1.54) is 0 Å². The monoisotopic (exact) mass is 325 g/mol. The Morgan fingerprint density at radius 2 is 1.95 bits per heavy atom. The molecule has 5 nitrogen and oxygen atoms in total. The fraction of sp³-hybridized carbons (Fsp3) is 0.308. The Labute approximate surface area is 118 Å². The quantitative estimate of drug-likeness (QED) is 0.794. The van der Waals surface area contributed by atoms with Crippen LogP contribution >= 0.6 is 15.9 Å². The lowest BCUT2D eigenvalue weighted by Crippen LogP contribution is -2.32. The number of halogens is 1. The fourth-order valence-electron chi connectivity index (χ4n) is 1.74. The number of hydroxylamine groups is 2. The molecule has 0 saturated carbocycles. The molecule has 2 amide bonds. The summed E-state index contributed by atoms with van der Waals surface area (Å²) in [5.74, 6) is -1.50.